The van der Waals surface area contributed by atoms with E-state index in [1.165, 1.54) is 14.2 Å². The van der Waals surface area contributed by atoms with Gasteiger partial charge in [-0.25, -0.2) is 9.59 Å². The second-order valence-electron chi connectivity index (χ2n) is 6.51. The summed E-state index contributed by atoms with van der Waals surface area (Å²) in [5.74, 6) is -2.60. The van der Waals surface area contributed by atoms with Crippen LogP contribution in [0.5, 0.6) is 0 Å². The number of esters is 2. The van der Waals surface area contributed by atoms with Crippen molar-refractivity contribution in [1.82, 2.24) is 0 Å². The zero-order valence-electron chi connectivity index (χ0n) is 13.9. The molecular weight excluding hydrogens is 292 g/mol. The molecule has 1 unspecified atom stereocenters. The molecular formula is C14H24O6Si. The molecule has 0 fully saturated rings. The summed E-state index contributed by atoms with van der Waals surface area (Å²) < 4.78 is 21.6. The Balaban J connectivity index is 3.52. The van der Waals surface area contributed by atoms with Gasteiger partial charge in [0.2, 0.25) is 0 Å². The van der Waals surface area contributed by atoms with Crippen LogP contribution in [0.1, 0.15) is 20.8 Å². The maximum absolute atomic E-state index is 12.2. The van der Waals surface area contributed by atoms with E-state index in [4.69, 9.17) is 18.6 Å². The third-order valence-electron chi connectivity index (χ3n) is 3.04. The van der Waals surface area contributed by atoms with Crippen molar-refractivity contribution < 1.29 is 28.2 Å². The average Bonchev–Trinajstić information content (AvgIpc) is 2.50. The van der Waals surface area contributed by atoms with Crippen LogP contribution >= 0.6 is 0 Å². The van der Waals surface area contributed by atoms with E-state index in [0.717, 1.165) is 0 Å². The van der Waals surface area contributed by atoms with Crippen LogP contribution < -0.4 is 0 Å². The molecule has 0 spiro atoms. The van der Waals surface area contributed by atoms with Crippen molar-refractivity contribution in [2.24, 2.45) is 0 Å². The molecule has 0 bridgehead atoms. The van der Waals surface area contributed by atoms with E-state index < -0.39 is 31.6 Å². The average molecular weight is 316 g/mol. The molecule has 1 aliphatic heterocycles. The third-order valence-corrected chi connectivity index (χ3v) is 4.04. The highest BCUT2D eigenvalue weighted by atomic mass is 28.4. The van der Waals surface area contributed by atoms with E-state index in [1.807, 2.05) is 19.6 Å². The van der Waals surface area contributed by atoms with Gasteiger partial charge in [0.1, 0.15) is 5.57 Å². The molecule has 0 saturated carbocycles. The minimum atomic E-state index is -2.05. The van der Waals surface area contributed by atoms with Gasteiger partial charge in [-0.3, -0.25) is 0 Å². The van der Waals surface area contributed by atoms with Crippen LogP contribution in [0.2, 0.25) is 19.6 Å². The fraction of sp³-hybridized carbons (Fsp3) is 0.714. The molecule has 0 saturated heterocycles. The number of hydrogen-bond donors (Lipinski definition) is 0. The van der Waals surface area contributed by atoms with E-state index in [2.05, 4.69) is 0 Å². The number of carbonyl (C=O) groups is 2. The van der Waals surface area contributed by atoms with Gasteiger partial charge in [0.05, 0.1) is 25.4 Å². The highest BCUT2D eigenvalue weighted by Gasteiger charge is 2.56. The predicted octanol–water partition coefficient (Wildman–Crippen LogP) is 2.01. The summed E-state index contributed by atoms with van der Waals surface area (Å²) in [4.78, 5) is 24.3. The van der Waals surface area contributed by atoms with Gasteiger partial charge in [-0.15, -0.1) is 0 Å². The molecule has 1 heterocycles. The summed E-state index contributed by atoms with van der Waals surface area (Å²) in [5.41, 5.74) is -0.799. The SMILES string of the molecule is COC(=O)C1=C(C(=O)OC)C(C)(O[Si](C)(C)C)OC1(C)C. The van der Waals surface area contributed by atoms with E-state index in [0.29, 0.717) is 0 Å². The lowest BCUT2D eigenvalue weighted by Gasteiger charge is -2.35. The second-order valence-corrected chi connectivity index (χ2v) is 10.9. The minimum Gasteiger partial charge on any atom is -0.466 e. The van der Waals surface area contributed by atoms with Crippen molar-refractivity contribution >= 4 is 20.3 Å². The molecule has 21 heavy (non-hydrogen) atoms. The summed E-state index contributed by atoms with van der Waals surface area (Å²) >= 11 is 0. The molecule has 6 nitrogen and oxygen atoms in total. The Morgan fingerprint density at radius 1 is 0.952 bits per heavy atom. The van der Waals surface area contributed by atoms with Gasteiger partial charge in [0.25, 0.3) is 0 Å². The second kappa shape index (κ2) is 5.55. The normalized spacial score (nSPS) is 25.0. The van der Waals surface area contributed by atoms with Gasteiger partial charge < -0.3 is 18.6 Å². The zero-order valence-corrected chi connectivity index (χ0v) is 14.9. The fourth-order valence-corrected chi connectivity index (χ4v) is 3.92. The van der Waals surface area contributed by atoms with Crippen molar-refractivity contribution in [2.45, 2.75) is 51.8 Å². The van der Waals surface area contributed by atoms with Crippen LogP contribution in [0.25, 0.3) is 0 Å². The lowest BCUT2D eigenvalue weighted by atomic mass is 9.94. The van der Waals surface area contributed by atoms with Crippen LogP contribution in [0.4, 0.5) is 0 Å². The lowest BCUT2D eigenvalue weighted by Crippen LogP contribution is -2.45. The van der Waals surface area contributed by atoms with Gasteiger partial charge >= 0.3 is 11.9 Å². The summed E-state index contributed by atoms with van der Waals surface area (Å²) in [5, 5.41) is 0. The summed E-state index contributed by atoms with van der Waals surface area (Å²) in [6, 6.07) is 0. The number of ether oxygens (including phenoxy) is 3. The molecule has 0 amide bonds. The number of carbonyl (C=O) groups excluding carboxylic acids is 2. The summed E-state index contributed by atoms with van der Waals surface area (Å²) in [7, 11) is 0.463. The van der Waals surface area contributed by atoms with Crippen molar-refractivity contribution in [1.29, 1.82) is 0 Å². The molecule has 0 aliphatic carbocycles. The van der Waals surface area contributed by atoms with Gasteiger partial charge in [-0.1, -0.05) is 0 Å². The number of methoxy groups -OCH3 is 2. The molecule has 0 aromatic carbocycles. The van der Waals surface area contributed by atoms with Crippen LogP contribution in [0.15, 0.2) is 11.1 Å². The van der Waals surface area contributed by atoms with Gasteiger partial charge in [0.15, 0.2) is 14.1 Å². The highest BCUT2D eigenvalue weighted by molar-refractivity contribution is 6.69. The molecule has 120 valence electrons. The van der Waals surface area contributed by atoms with Crippen LogP contribution in [0.3, 0.4) is 0 Å². The first-order valence-corrected chi connectivity index (χ1v) is 10.1. The molecule has 0 radical (unpaired) electrons. The largest absolute Gasteiger partial charge is 0.466 e. The molecule has 7 heteroatoms. The molecule has 0 aromatic heterocycles. The first-order chi connectivity index (χ1) is 9.38. The first kappa shape index (κ1) is 17.9. The topological polar surface area (TPSA) is 71.1 Å². The number of rotatable bonds is 4. The van der Waals surface area contributed by atoms with E-state index in [9.17, 15) is 9.59 Å². The number of hydrogen-bond acceptors (Lipinski definition) is 6. The van der Waals surface area contributed by atoms with Crippen LogP contribution in [0, 0.1) is 0 Å². The molecule has 0 aromatic rings. The first-order valence-electron chi connectivity index (χ1n) is 6.70. The smallest absolute Gasteiger partial charge is 0.339 e. The maximum Gasteiger partial charge on any atom is 0.339 e. The maximum atomic E-state index is 12.2. The van der Waals surface area contributed by atoms with Crippen molar-refractivity contribution in [3.8, 4) is 0 Å². The van der Waals surface area contributed by atoms with Crippen molar-refractivity contribution in [3.63, 3.8) is 0 Å². The van der Waals surface area contributed by atoms with Crippen molar-refractivity contribution in [2.75, 3.05) is 14.2 Å². The van der Waals surface area contributed by atoms with E-state index in [-0.39, 0.29) is 11.1 Å². The van der Waals surface area contributed by atoms with Crippen LogP contribution in [-0.2, 0) is 28.2 Å². The molecule has 0 N–H and O–H groups in total. The minimum absolute atomic E-state index is 0.0734. The Hall–Kier alpha value is -1.18. The van der Waals surface area contributed by atoms with Gasteiger partial charge in [-0.05, 0) is 40.4 Å². The van der Waals surface area contributed by atoms with Gasteiger partial charge in [0, 0.05) is 0 Å². The third kappa shape index (κ3) is 3.53. The predicted molar refractivity (Wildman–Crippen MR) is 79.1 cm³/mol. The Labute approximate surface area is 126 Å². The summed E-state index contributed by atoms with van der Waals surface area (Å²) in [6.07, 6.45) is 0. The molecule has 1 rings (SSSR count). The Bertz CT molecular complexity index is 488. The fourth-order valence-electron chi connectivity index (χ4n) is 2.61. The standard InChI is InChI=1S/C14H24O6Si/c1-13(2)9(11(15)17-4)10(12(16)18-5)14(3,19-13)20-21(6,7)8/h1-8H3. The van der Waals surface area contributed by atoms with Crippen LogP contribution in [-0.4, -0.2) is 45.9 Å². The highest BCUT2D eigenvalue weighted by Crippen LogP contribution is 2.45. The molecule has 1 aliphatic rings. The molecule has 1 atom stereocenters. The van der Waals surface area contributed by atoms with Crippen molar-refractivity contribution in [3.05, 3.63) is 11.1 Å². The summed E-state index contributed by atoms with van der Waals surface area (Å²) in [6.45, 7) is 10.9. The monoisotopic (exact) mass is 316 g/mol. The Morgan fingerprint density at radius 2 is 1.38 bits per heavy atom. The zero-order chi connectivity index (χ0) is 16.6. The quantitative estimate of drug-likeness (QED) is 0.583. The van der Waals surface area contributed by atoms with E-state index in [1.54, 1.807) is 20.8 Å². The lowest BCUT2D eigenvalue weighted by molar-refractivity contribution is -0.186. The van der Waals surface area contributed by atoms with E-state index >= 15 is 0 Å². The van der Waals surface area contributed by atoms with Gasteiger partial charge in [-0.2, -0.15) is 0 Å². The Kier molecular flexibility index (Phi) is 4.72. The Morgan fingerprint density at radius 3 is 1.76 bits per heavy atom.